The van der Waals surface area contributed by atoms with Crippen LogP contribution in [0.25, 0.3) is 0 Å². The van der Waals surface area contributed by atoms with Gasteiger partial charge in [0, 0.05) is 22.4 Å². The number of aromatic hydroxyl groups is 1. The van der Waals surface area contributed by atoms with Gasteiger partial charge in [0.25, 0.3) is 0 Å². The molecule has 0 saturated carbocycles. The van der Waals surface area contributed by atoms with Crippen molar-refractivity contribution in [3.8, 4) is 5.75 Å². The number of phenols is 1. The van der Waals surface area contributed by atoms with Crippen molar-refractivity contribution in [2.24, 2.45) is 0 Å². The molecule has 0 unspecified atom stereocenters. The highest BCUT2D eigenvalue weighted by Gasteiger charge is 2.45. The lowest BCUT2D eigenvalue weighted by Crippen LogP contribution is -2.55. The van der Waals surface area contributed by atoms with Crippen LogP contribution in [0, 0.1) is 0 Å². The summed E-state index contributed by atoms with van der Waals surface area (Å²) in [7, 11) is 0. The van der Waals surface area contributed by atoms with E-state index in [1.54, 1.807) is 72.4 Å². The fourth-order valence-corrected chi connectivity index (χ4v) is 5.51. The second-order valence-corrected chi connectivity index (χ2v) is 13.3. The Morgan fingerprint density at radius 2 is 1.15 bits per heavy atom. The molecule has 0 heterocycles. The summed E-state index contributed by atoms with van der Waals surface area (Å²) in [4.78, 5) is 27.8. The van der Waals surface area contributed by atoms with Gasteiger partial charge in [0.15, 0.2) is 0 Å². The normalized spacial score (nSPS) is 12.4. The highest BCUT2D eigenvalue weighted by atomic mass is 32.2. The summed E-state index contributed by atoms with van der Waals surface area (Å²) in [5, 5.41) is 22.4. The zero-order valence-corrected chi connectivity index (χ0v) is 24.8. The van der Waals surface area contributed by atoms with Crippen LogP contribution >= 0.6 is 11.8 Å². The first-order valence-electron chi connectivity index (χ1n) is 13.6. The van der Waals surface area contributed by atoms with Gasteiger partial charge in [0.05, 0.1) is 11.1 Å². The van der Waals surface area contributed by atoms with Crippen molar-refractivity contribution in [1.29, 1.82) is 0 Å². The van der Waals surface area contributed by atoms with Crippen LogP contribution in [0.5, 0.6) is 5.75 Å². The standard InChI is InChI=1S/C33H41NO4S/c1-32(2,3)27-22-26(23-28(29(27)35)33(4,5)6)39-21-15-9-14-20-34(38,30(36)24-16-10-7-11-17-24)31(37)25-18-12-8-13-19-25/h7-8,10-13,16-19,22-23,38H,9,14-15,20-21H2,1-6H3/p+1. The summed E-state index contributed by atoms with van der Waals surface area (Å²) >= 11 is 1.74. The van der Waals surface area contributed by atoms with Crippen LogP contribution in [0.15, 0.2) is 77.7 Å². The van der Waals surface area contributed by atoms with Crippen molar-refractivity contribution in [1.82, 2.24) is 0 Å². The number of carbonyl (C=O) groups excluding carboxylic acids is 2. The Bertz CT molecular complexity index is 1190. The number of amides is 2. The Morgan fingerprint density at radius 3 is 1.56 bits per heavy atom. The van der Waals surface area contributed by atoms with Crippen LogP contribution in [0.2, 0.25) is 0 Å². The summed E-state index contributed by atoms with van der Waals surface area (Å²) < 4.78 is -1.27. The molecule has 3 rings (SSSR count). The summed E-state index contributed by atoms with van der Waals surface area (Å²) in [6, 6.07) is 21.1. The Labute approximate surface area is 237 Å². The first-order chi connectivity index (χ1) is 18.2. The van der Waals surface area contributed by atoms with Crippen LogP contribution < -0.4 is 0 Å². The molecule has 0 aliphatic rings. The number of hydrogen-bond acceptors (Lipinski definition) is 5. The van der Waals surface area contributed by atoms with Gasteiger partial charge in [-0.25, -0.2) is 14.8 Å². The lowest BCUT2D eigenvalue weighted by Gasteiger charge is -2.28. The molecule has 39 heavy (non-hydrogen) atoms. The van der Waals surface area contributed by atoms with E-state index in [-0.39, 0.29) is 17.4 Å². The predicted octanol–water partition coefficient (Wildman–Crippen LogP) is 8.14. The van der Waals surface area contributed by atoms with E-state index in [4.69, 9.17) is 0 Å². The van der Waals surface area contributed by atoms with E-state index >= 15 is 0 Å². The van der Waals surface area contributed by atoms with Crippen LogP contribution in [0.1, 0.15) is 92.6 Å². The van der Waals surface area contributed by atoms with E-state index in [0.29, 0.717) is 23.3 Å². The maximum absolute atomic E-state index is 13.3. The van der Waals surface area contributed by atoms with Gasteiger partial charge >= 0.3 is 11.8 Å². The molecule has 0 spiro atoms. The first-order valence-corrected chi connectivity index (χ1v) is 14.5. The van der Waals surface area contributed by atoms with Crippen LogP contribution in [-0.4, -0.2) is 39.1 Å². The molecule has 0 fully saturated rings. The van der Waals surface area contributed by atoms with Crippen molar-refractivity contribution >= 4 is 23.6 Å². The van der Waals surface area contributed by atoms with Gasteiger partial charge < -0.3 is 5.11 Å². The molecule has 0 aromatic heterocycles. The number of nitrogens with zero attached hydrogens (tertiary/aromatic N) is 1. The fourth-order valence-electron chi connectivity index (χ4n) is 4.53. The average Bonchev–Trinajstić information content (AvgIpc) is 2.90. The highest BCUT2D eigenvalue weighted by molar-refractivity contribution is 7.99. The van der Waals surface area contributed by atoms with E-state index in [1.807, 2.05) is 0 Å². The number of benzene rings is 3. The molecule has 0 aliphatic heterocycles. The van der Waals surface area contributed by atoms with Gasteiger partial charge in [-0.2, -0.15) is 0 Å². The summed E-state index contributed by atoms with van der Waals surface area (Å²) in [5.41, 5.74) is 2.13. The summed E-state index contributed by atoms with van der Waals surface area (Å²) in [6.07, 6.45) is 2.14. The number of hydroxylamine groups is 3. The Hall–Kier alpha value is -2.93. The number of rotatable bonds is 9. The van der Waals surface area contributed by atoms with Gasteiger partial charge in [-0.05, 0) is 65.8 Å². The molecule has 3 aromatic carbocycles. The van der Waals surface area contributed by atoms with Crippen LogP contribution in [0.3, 0.4) is 0 Å². The van der Waals surface area contributed by atoms with Crippen LogP contribution in [0.4, 0.5) is 0 Å². The van der Waals surface area contributed by atoms with Crippen molar-refractivity contribution in [2.75, 3.05) is 12.3 Å². The van der Waals surface area contributed by atoms with Crippen molar-refractivity contribution in [2.45, 2.75) is 76.5 Å². The SMILES string of the molecule is CC(C)(C)c1cc(SCCCCC[N+](O)(C(=O)c2ccccc2)C(=O)c2ccccc2)cc(C(C)(C)C)c1O. The molecular formula is C33H42NO4S+. The number of unbranched alkanes of at least 4 members (excludes halogenated alkanes) is 2. The average molecular weight is 549 g/mol. The van der Waals surface area contributed by atoms with Crippen molar-refractivity contribution in [3.63, 3.8) is 0 Å². The number of thioether (sulfide) groups is 1. The molecule has 3 aromatic rings. The van der Waals surface area contributed by atoms with Gasteiger partial charge in [-0.1, -0.05) is 82.6 Å². The predicted molar refractivity (Wildman–Crippen MR) is 159 cm³/mol. The lowest BCUT2D eigenvalue weighted by atomic mass is 9.79. The Balaban J connectivity index is 1.68. The largest absolute Gasteiger partial charge is 0.507 e. The molecule has 0 saturated heterocycles. The van der Waals surface area contributed by atoms with Gasteiger partial charge in [-0.15, -0.1) is 11.8 Å². The number of hydrogen-bond donors (Lipinski definition) is 2. The third kappa shape index (κ3) is 7.59. The molecule has 6 heteroatoms. The third-order valence-electron chi connectivity index (χ3n) is 6.81. The van der Waals surface area contributed by atoms with E-state index in [9.17, 15) is 19.9 Å². The quantitative estimate of drug-likeness (QED) is 0.0705. The molecule has 5 nitrogen and oxygen atoms in total. The zero-order valence-electron chi connectivity index (χ0n) is 24.0. The molecule has 0 atom stereocenters. The van der Waals surface area contributed by atoms with Gasteiger partial charge in [-0.3, -0.25) is 0 Å². The van der Waals surface area contributed by atoms with Gasteiger partial charge in [0.2, 0.25) is 0 Å². The number of quaternary nitrogens is 1. The van der Waals surface area contributed by atoms with E-state index in [1.165, 1.54) is 0 Å². The molecule has 2 amide bonds. The minimum absolute atomic E-state index is 0.00761. The summed E-state index contributed by atoms with van der Waals surface area (Å²) in [5.74, 6) is -0.00919. The lowest BCUT2D eigenvalue weighted by molar-refractivity contribution is -0.967. The fraction of sp³-hybridized carbons (Fsp3) is 0.394. The topological polar surface area (TPSA) is 74.6 Å². The van der Waals surface area contributed by atoms with Crippen molar-refractivity contribution < 1.29 is 24.5 Å². The Morgan fingerprint density at radius 1 is 0.718 bits per heavy atom. The van der Waals surface area contributed by atoms with E-state index < -0.39 is 16.5 Å². The molecule has 2 N–H and O–H groups in total. The smallest absolute Gasteiger partial charge is 0.385 e. The molecular weight excluding hydrogens is 506 g/mol. The van der Waals surface area contributed by atoms with E-state index in [0.717, 1.165) is 34.6 Å². The highest BCUT2D eigenvalue weighted by Crippen LogP contribution is 2.41. The zero-order chi connectivity index (χ0) is 28.8. The molecule has 0 bridgehead atoms. The molecule has 0 aliphatic carbocycles. The first kappa shape index (κ1) is 30.6. The second kappa shape index (κ2) is 12.5. The van der Waals surface area contributed by atoms with E-state index in [2.05, 4.69) is 53.7 Å². The third-order valence-corrected chi connectivity index (χ3v) is 7.87. The van der Waals surface area contributed by atoms with Crippen molar-refractivity contribution in [3.05, 3.63) is 95.1 Å². The molecule has 208 valence electrons. The number of imide groups is 1. The van der Waals surface area contributed by atoms with Gasteiger partial charge in [0.1, 0.15) is 12.3 Å². The number of phenolic OH excluding ortho intramolecular Hbond substituents is 1. The summed E-state index contributed by atoms with van der Waals surface area (Å²) in [6.45, 7) is 12.6. The monoisotopic (exact) mass is 548 g/mol. The Kier molecular flexibility index (Phi) is 9.81. The minimum atomic E-state index is -1.27. The van der Waals surface area contributed by atoms with Crippen LogP contribution in [-0.2, 0) is 10.8 Å². The maximum Gasteiger partial charge on any atom is 0.385 e. The minimum Gasteiger partial charge on any atom is -0.507 e. The second-order valence-electron chi connectivity index (χ2n) is 12.1. The number of carbonyl (C=O) groups is 2. The molecule has 0 radical (unpaired) electrons. The maximum atomic E-state index is 13.3.